The largest absolute Gasteiger partial charge is 0.293 e. The van der Waals surface area contributed by atoms with Crippen molar-refractivity contribution in [2.24, 2.45) is 5.92 Å². The van der Waals surface area contributed by atoms with Gasteiger partial charge in [-0.1, -0.05) is 18.2 Å². The minimum atomic E-state index is -3.58. The quantitative estimate of drug-likeness (QED) is 0.861. The van der Waals surface area contributed by atoms with Crippen molar-refractivity contribution in [2.45, 2.75) is 24.7 Å². The summed E-state index contributed by atoms with van der Waals surface area (Å²) in [7, 11) is -3.58. The Morgan fingerprint density at radius 1 is 1.33 bits per heavy atom. The van der Waals surface area contributed by atoms with Gasteiger partial charge in [0.1, 0.15) is 5.82 Å². The van der Waals surface area contributed by atoms with Crippen LogP contribution in [0.2, 0.25) is 0 Å². The van der Waals surface area contributed by atoms with Crippen molar-refractivity contribution < 1.29 is 13.2 Å². The summed E-state index contributed by atoms with van der Waals surface area (Å²) in [4.78, 5) is 16.6. The van der Waals surface area contributed by atoms with Gasteiger partial charge in [0, 0.05) is 13.1 Å². The molecule has 2 aromatic rings. The summed E-state index contributed by atoms with van der Waals surface area (Å²) in [5.74, 6) is 0.126. The summed E-state index contributed by atoms with van der Waals surface area (Å²) in [6.45, 7) is 2.31. The van der Waals surface area contributed by atoms with Crippen LogP contribution in [0.25, 0.3) is 0 Å². The number of hydrogen-bond acceptors (Lipinski definition) is 5. The zero-order chi connectivity index (χ0) is 17.2. The van der Waals surface area contributed by atoms with E-state index in [1.165, 1.54) is 4.31 Å². The zero-order valence-corrected chi connectivity index (χ0v) is 14.1. The molecule has 1 amide bonds. The van der Waals surface area contributed by atoms with E-state index in [4.69, 9.17) is 0 Å². The maximum absolute atomic E-state index is 12.7. The second-order valence-corrected chi connectivity index (χ2v) is 7.69. The van der Waals surface area contributed by atoms with Crippen LogP contribution in [0, 0.1) is 12.8 Å². The molecule has 1 fully saturated rings. The Morgan fingerprint density at radius 3 is 2.75 bits per heavy atom. The Hall–Kier alpha value is -2.26. The van der Waals surface area contributed by atoms with E-state index in [9.17, 15) is 13.2 Å². The summed E-state index contributed by atoms with van der Waals surface area (Å²) in [6, 6.07) is 8.27. The van der Waals surface area contributed by atoms with Gasteiger partial charge in [-0.3, -0.25) is 15.2 Å². The third-order valence-corrected chi connectivity index (χ3v) is 5.85. The number of carbonyl (C=O) groups is 1. The van der Waals surface area contributed by atoms with Crippen molar-refractivity contribution >= 4 is 21.9 Å². The lowest BCUT2D eigenvalue weighted by molar-refractivity contribution is -0.120. The molecule has 1 atom stereocenters. The number of sulfonamides is 1. The molecular weight excluding hydrogens is 330 g/mol. The van der Waals surface area contributed by atoms with Crippen molar-refractivity contribution in [2.75, 3.05) is 18.4 Å². The molecule has 0 radical (unpaired) electrons. The van der Waals surface area contributed by atoms with Gasteiger partial charge in [0.15, 0.2) is 0 Å². The number of aromatic amines is 1. The summed E-state index contributed by atoms with van der Waals surface area (Å²) in [5, 5.41) is 9.15. The fraction of sp³-hybridized carbons (Fsp3) is 0.400. The van der Waals surface area contributed by atoms with E-state index >= 15 is 0 Å². The van der Waals surface area contributed by atoms with Crippen LogP contribution in [0.3, 0.4) is 0 Å². The molecule has 9 heteroatoms. The number of aryl methyl sites for hydroxylation is 1. The first-order valence-corrected chi connectivity index (χ1v) is 9.16. The van der Waals surface area contributed by atoms with Gasteiger partial charge in [-0.15, -0.1) is 5.10 Å². The predicted octanol–water partition coefficient (Wildman–Crippen LogP) is 1.15. The first-order chi connectivity index (χ1) is 11.5. The van der Waals surface area contributed by atoms with Crippen molar-refractivity contribution in [3.63, 3.8) is 0 Å². The molecule has 1 aromatic carbocycles. The zero-order valence-electron chi connectivity index (χ0n) is 13.3. The maximum atomic E-state index is 12.7. The number of H-pyrrole nitrogens is 1. The normalized spacial score (nSPS) is 19.1. The van der Waals surface area contributed by atoms with E-state index in [1.54, 1.807) is 37.3 Å². The Morgan fingerprint density at radius 2 is 2.08 bits per heavy atom. The monoisotopic (exact) mass is 349 g/mol. The van der Waals surface area contributed by atoms with Gasteiger partial charge in [0.25, 0.3) is 0 Å². The second-order valence-electron chi connectivity index (χ2n) is 5.75. The van der Waals surface area contributed by atoms with Gasteiger partial charge in [-0.2, -0.15) is 9.29 Å². The van der Waals surface area contributed by atoms with E-state index in [1.807, 2.05) is 0 Å². The lowest BCUT2D eigenvalue weighted by Gasteiger charge is -2.30. The van der Waals surface area contributed by atoms with Crippen LogP contribution >= 0.6 is 0 Å². The number of amides is 1. The van der Waals surface area contributed by atoms with Crippen LogP contribution in [0.5, 0.6) is 0 Å². The average Bonchev–Trinajstić information content (AvgIpc) is 3.00. The molecule has 1 unspecified atom stereocenters. The molecule has 2 heterocycles. The summed E-state index contributed by atoms with van der Waals surface area (Å²) in [6.07, 6.45) is 1.27. The number of piperidine rings is 1. The van der Waals surface area contributed by atoms with E-state index in [2.05, 4.69) is 20.5 Å². The SMILES string of the molecule is Cc1nc(NC(=O)C2CCCN(S(=O)(=O)c3ccccc3)C2)n[nH]1. The smallest absolute Gasteiger partial charge is 0.248 e. The van der Waals surface area contributed by atoms with Crippen molar-refractivity contribution in [1.82, 2.24) is 19.5 Å². The molecule has 1 saturated heterocycles. The summed E-state index contributed by atoms with van der Waals surface area (Å²) in [5.41, 5.74) is 0. The molecule has 0 spiro atoms. The molecule has 0 bridgehead atoms. The number of aromatic nitrogens is 3. The van der Waals surface area contributed by atoms with Gasteiger partial charge in [0.05, 0.1) is 10.8 Å². The third-order valence-electron chi connectivity index (χ3n) is 3.97. The number of rotatable bonds is 4. The number of hydrogen-bond donors (Lipinski definition) is 2. The number of benzene rings is 1. The van der Waals surface area contributed by atoms with Crippen LogP contribution < -0.4 is 5.32 Å². The number of carbonyl (C=O) groups excluding carboxylic acids is 1. The van der Waals surface area contributed by atoms with E-state index in [0.717, 1.165) is 0 Å². The molecule has 8 nitrogen and oxygen atoms in total. The second kappa shape index (κ2) is 6.70. The predicted molar refractivity (Wildman–Crippen MR) is 87.7 cm³/mol. The molecule has 2 N–H and O–H groups in total. The third kappa shape index (κ3) is 3.46. The first kappa shape index (κ1) is 16.6. The van der Waals surface area contributed by atoms with Gasteiger partial charge in [-0.25, -0.2) is 8.42 Å². The standard InChI is InChI=1S/C15H19N5O3S/c1-11-16-15(19-18-11)17-14(21)12-6-5-9-20(10-12)24(22,23)13-7-3-2-4-8-13/h2-4,7-8,12H,5-6,9-10H2,1H3,(H2,16,17,18,19,21). The van der Waals surface area contributed by atoms with E-state index in [0.29, 0.717) is 25.2 Å². The van der Waals surface area contributed by atoms with Crippen LogP contribution in [0.1, 0.15) is 18.7 Å². The maximum Gasteiger partial charge on any atom is 0.248 e. The Balaban J connectivity index is 1.71. The molecule has 0 saturated carbocycles. The number of anilines is 1. The van der Waals surface area contributed by atoms with Crippen LogP contribution in [0.4, 0.5) is 5.95 Å². The van der Waals surface area contributed by atoms with Gasteiger partial charge >= 0.3 is 0 Å². The highest BCUT2D eigenvalue weighted by Crippen LogP contribution is 2.24. The highest BCUT2D eigenvalue weighted by Gasteiger charge is 2.33. The van der Waals surface area contributed by atoms with Crippen molar-refractivity contribution in [3.05, 3.63) is 36.2 Å². The van der Waals surface area contributed by atoms with E-state index < -0.39 is 15.9 Å². The highest BCUT2D eigenvalue weighted by molar-refractivity contribution is 7.89. The van der Waals surface area contributed by atoms with Crippen LogP contribution in [0.15, 0.2) is 35.2 Å². The van der Waals surface area contributed by atoms with Gasteiger partial charge < -0.3 is 0 Å². The Bertz CT molecular complexity index is 819. The van der Waals surface area contributed by atoms with Crippen molar-refractivity contribution in [3.8, 4) is 0 Å². The number of nitrogens with one attached hydrogen (secondary N) is 2. The minimum Gasteiger partial charge on any atom is -0.293 e. The number of nitrogens with zero attached hydrogens (tertiary/aromatic N) is 3. The summed E-state index contributed by atoms with van der Waals surface area (Å²) < 4.78 is 26.7. The molecule has 0 aliphatic carbocycles. The molecule has 1 aliphatic rings. The van der Waals surface area contributed by atoms with Crippen LogP contribution in [-0.4, -0.2) is 46.9 Å². The first-order valence-electron chi connectivity index (χ1n) is 7.72. The molecule has 24 heavy (non-hydrogen) atoms. The Kier molecular flexibility index (Phi) is 4.63. The minimum absolute atomic E-state index is 0.159. The van der Waals surface area contributed by atoms with Crippen molar-refractivity contribution in [1.29, 1.82) is 0 Å². The molecule has 1 aliphatic heterocycles. The summed E-state index contributed by atoms with van der Waals surface area (Å²) >= 11 is 0. The molecule has 1 aromatic heterocycles. The molecule has 3 rings (SSSR count). The van der Waals surface area contributed by atoms with Gasteiger partial charge in [-0.05, 0) is 31.9 Å². The lowest BCUT2D eigenvalue weighted by Crippen LogP contribution is -2.43. The fourth-order valence-corrected chi connectivity index (χ4v) is 4.27. The lowest BCUT2D eigenvalue weighted by atomic mass is 9.99. The Labute approximate surface area is 140 Å². The van der Waals surface area contributed by atoms with Crippen LogP contribution in [-0.2, 0) is 14.8 Å². The average molecular weight is 349 g/mol. The molecular formula is C15H19N5O3S. The highest BCUT2D eigenvalue weighted by atomic mass is 32.2. The topological polar surface area (TPSA) is 108 Å². The van der Waals surface area contributed by atoms with E-state index in [-0.39, 0.29) is 23.3 Å². The molecule has 128 valence electrons. The fourth-order valence-electron chi connectivity index (χ4n) is 2.73. The van der Waals surface area contributed by atoms with Gasteiger partial charge in [0.2, 0.25) is 21.9 Å².